The van der Waals surface area contributed by atoms with Crippen LogP contribution in [0.4, 0.5) is 0 Å². The molecule has 2 rings (SSSR count). The van der Waals surface area contributed by atoms with Gasteiger partial charge >= 0.3 is 0 Å². The number of halogens is 2. The molecular formula is C16H23Cl2N. The highest BCUT2D eigenvalue weighted by Gasteiger charge is 2.33. The van der Waals surface area contributed by atoms with Gasteiger partial charge in [-0.2, -0.15) is 0 Å². The molecule has 3 heteroatoms. The number of hydrogen-bond acceptors (Lipinski definition) is 1. The van der Waals surface area contributed by atoms with E-state index in [0.29, 0.717) is 12.0 Å². The SMILES string of the molecule is CCCNC(Cc1c(Cl)cccc1Cl)C(C)C1CC1. The fraction of sp³-hybridized carbons (Fsp3) is 0.625. The van der Waals surface area contributed by atoms with Gasteiger partial charge in [0.15, 0.2) is 0 Å². The molecule has 1 nitrogen and oxygen atoms in total. The molecule has 0 bridgehead atoms. The Balaban J connectivity index is 2.09. The Morgan fingerprint density at radius 3 is 2.42 bits per heavy atom. The summed E-state index contributed by atoms with van der Waals surface area (Å²) in [5.41, 5.74) is 1.09. The zero-order valence-electron chi connectivity index (χ0n) is 11.8. The van der Waals surface area contributed by atoms with E-state index in [9.17, 15) is 0 Å². The predicted molar refractivity (Wildman–Crippen MR) is 84.1 cm³/mol. The first-order chi connectivity index (χ1) is 9.13. The van der Waals surface area contributed by atoms with Crippen molar-refractivity contribution < 1.29 is 0 Å². The first-order valence-corrected chi connectivity index (χ1v) is 8.05. The maximum Gasteiger partial charge on any atom is 0.0453 e. The average Bonchev–Trinajstić information content (AvgIpc) is 3.21. The molecule has 1 aromatic carbocycles. The van der Waals surface area contributed by atoms with Crippen molar-refractivity contribution in [3.63, 3.8) is 0 Å². The van der Waals surface area contributed by atoms with Gasteiger partial charge in [-0.25, -0.2) is 0 Å². The summed E-state index contributed by atoms with van der Waals surface area (Å²) < 4.78 is 0. The van der Waals surface area contributed by atoms with Crippen molar-refractivity contribution in [1.82, 2.24) is 5.32 Å². The first kappa shape index (κ1) is 15.2. The highest BCUT2D eigenvalue weighted by molar-refractivity contribution is 6.36. The Morgan fingerprint density at radius 1 is 1.26 bits per heavy atom. The minimum absolute atomic E-state index is 0.477. The van der Waals surface area contributed by atoms with Crippen LogP contribution < -0.4 is 5.32 Å². The van der Waals surface area contributed by atoms with Gasteiger partial charge in [0.1, 0.15) is 0 Å². The standard InChI is InChI=1S/C16H23Cl2N/c1-3-9-19-16(11(2)12-7-8-12)10-13-14(17)5-4-6-15(13)18/h4-6,11-12,16,19H,3,7-10H2,1-2H3. The lowest BCUT2D eigenvalue weighted by Gasteiger charge is -2.26. The van der Waals surface area contributed by atoms with Crippen molar-refractivity contribution in [3.05, 3.63) is 33.8 Å². The molecule has 1 N–H and O–H groups in total. The number of hydrogen-bond donors (Lipinski definition) is 1. The van der Waals surface area contributed by atoms with Crippen LogP contribution in [0.5, 0.6) is 0 Å². The average molecular weight is 300 g/mol. The van der Waals surface area contributed by atoms with Gasteiger partial charge in [-0.1, -0.05) is 43.1 Å². The highest BCUT2D eigenvalue weighted by atomic mass is 35.5. The topological polar surface area (TPSA) is 12.0 Å². The fourth-order valence-corrected chi connectivity index (χ4v) is 3.22. The largest absolute Gasteiger partial charge is 0.313 e. The molecule has 2 unspecified atom stereocenters. The lowest BCUT2D eigenvalue weighted by Crippen LogP contribution is -2.38. The van der Waals surface area contributed by atoms with Gasteiger partial charge < -0.3 is 5.32 Å². The molecule has 1 saturated carbocycles. The maximum absolute atomic E-state index is 6.30. The third kappa shape index (κ3) is 4.11. The number of rotatable bonds is 7. The molecule has 1 aliphatic rings. The van der Waals surface area contributed by atoms with Gasteiger partial charge in [0.25, 0.3) is 0 Å². The van der Waals surface area contributed by atoms with Crippen LogP contribution in [0.3, 0.4) is 0 Å². The third-order valence-corrected chi connectivity index (χ3v) is 4.85. The Labute approximate surface area is 126 Å². The number of benzene rings is 1. The van der Waals surface area contributed by atoms with Crippen LogP contribution in [0.2, 0.25) is 10.0 Å². The quantitative estimate of drug-likeness (QED) is 0.751. The molecule has 0 radical (unpaired) electrons. The van der Waals surface area contributed by atoms with E-state index in [4.69, 9.17) is 23.2 Å². The third-order valence-electron chi connectivity index (χ3n) is 4.14. The molecule has 0 amide bonds. The van der Waals surface area contributed by atoms with E-state index in [-0.39, 0.29) is 0 Å². The lowest BCUT2D eigenvalue weighted by atomic mass is 9.91. The van der Waals surface area contributed by atoms with Crippen LogP contribution in [0.25, 0.3) is 0 Å². The van der Waals surface area contributed by atoms with Crippen molar-refractivity contribution in [2.75, 3.05) is 6.54 Å². The second kappa shape index (κ2) is 6.97. The molecule has 0 saturated heterocycles. The van der Waals surface area contributed by atoms with Gasteiger partial charge in [0.2, 0.25) is 0 Å². The second-order valence-corrected chi connectivity index (χ2v) is 6.48. The van der Waals surface area contributed by atoms with E-state index in [2.05, 4.69) is 19.2 Å². The van der Waals surface area contributed by atoms with Gasteiger partial charge in [-0.05, 0) is 61.8 Å². The Hall–Kier alpha value is -0.240. The van der Waals surface area contributed by atoms with E-state index in [0.717, 1.165) is 40.9 Å². The van der Waals surface area contributed by atoms with E-state index in [1.54, 1.807) is 0 Å². The van der Waals surface area contributed by atoms with Crippen molar-refractivity contribution in [1.29, 1.82) is 0 Å². The summed E-state index contributed by atoms with van der Waals surface area (Å²) >= 11 is 12.6. The molecule has 2 atom stereocenters. The molecule has 1 aromatic rings. The molecule has 1 fully saturated rings. The van der Waals surface area contributed by atoms with Crippen LogP contribution in [0.15, 0.2) is 18.2 Å². The molecule has 0 heterocycles. The highest BCUT2D eigenvalue weighted by Crippen LogP contribution is 2.39. The van der Waals surface area contributed by atoms with Crippen molar-refractivity contribution in [2.45, 2.75) is 45.6 Å². The zero-order chi connectivity index (χ0) is 13.8. The molecule has 106 valence electrons. The fourth-order valence-electron chi connectivity index (χ4n) is 2.67. The van der Waals surface area contributed by atoms with Crippen LogP contribution in [-0.2, 0) is 6.42 Å². The van der Waals surface area contributed by atoms with Gasteiger partial charge in [-0.3, -0.25) is 0 Å². The minimum Gasteiger partial charge on any atom is -0.313 e. The smallest absolute Gasteiger partial charge is 0.0453 e. The van der Waals surface area contributed by atoms with E-state index in [1.807, 2.05) is 18.2 Å². The summed E-state index contributed by atoms with van der Waals surface area (Å²) in [7, 11) is 0. The van der Waals surface area contributed by atoms with E-state index in [1.165, 1.54) is 12.8 Å². The molecule has 19 heavy (non-hydrogen) atoms. The molecule has 0 aliphatic heterocycles. The molecule has 1 aliphatic carbocycles. The lowest BCUT2D eigenvalue weighted by molar-refractivity contribution is 0.339. The van der Waals surface area contributed by atoms with E-state index >= 15 is 0 Å². The summed E-state index contributed by atoms with van der Waals surface area (Å²) in [6.07, 6.45) is 4.84. The molecular weight excluding hydrogens is 277 g/mol. The summed E-state index contributed by atoms with van der Waals surface area (Å²) in [5, 5.41) is 5.26. The Bertz CT molecular complexity index is 395. The van der Waals surface area contributed by atoms with E-state index < -0.39 is 0 Å². The van der Waals surface area contributed by atoms with Crippen LogP contribution >= 0.6 is 23.2 Å². The van der Waals surface area contributed by atoms with Gasteiger partial charge in [0.05, 0.1) is 0 Å². The normalized spacial score (nSPS) is 18.3. The van der Waals surface area contributed by atoms with Crippen molar-refractivity contribution in [3.8, 4) is 0 Å². The summed E-state index contributed by atoms with van der Waals surface area (Å²) in [6.45, 7) is 5.62. The summed E-state index contributed by atoms with van der Waals surface area (Å²) in [5.74, 6) is 1.58. The number of nitrogens with one attached hydrogen (secondary N) is 1. The summed E-state index contributed by atoms with van der Waals surface area (Å²) in [6, 6.07) is 6.25. The van der Waals surface area contributed by atoms with Crippen LogP contribution in [-0.4, -0.2) is 12.6 Å². The van der Waals surface area contributed by atoms with Crippen LogP contribution in [0, 0.1) is 11.8 Å². The predicted octanol–water partition coefficient (Wildman–Crippen LogP) is 4.95. The summed E-state index contributed by atoms with van der Waals surface area (Å²) in [4.78, 5) is 0. The van der Waals surface area contributed by atoms with Crippen LogP contribution in [0.1, 0.15) is 38.7 Å². The monoisotopic (exact) mass is 299 g/mol. The molecule has 0 spiro atoms. The second-order valence-electron chi connectivity index (χ2n) is 5.66. The zero-order valence-corrected chi connectivity index (χ0v) is 13.3. The molecule has 0 aromatic heterocycles. The van der Waals surface area contributed by atoms with Gasteiger partial charge in [0, 0.05) is 16.1 Å². The van der Waals surface area contributed by atoms with Crippen molar-refractivity contribution in [2.24, 2.45) is 11.8 Å². The first-order valence-electron chi connectivity index (χ1n) is 7.29. The maximum atomic E-state index is 6.30. The Morgan fingerprint density at radius 2 is 1.89 bits per heavy atom. The van der Waals surface area contributed by atoms with Crippen molar-refractivity contribution >= 4 is 23.2 Å². The minimum atomic E-state index is 0.477. The Kier molecular flexibility index (Phi) is 5.56. The van der Waals surface area contributed by atoms with Gasteiger partial charge in [-0.15, -0.1) is 0 Å².